The van der Waals surface area contributed by atoms with E-state index < -0.39 is 11.9 Å². The van der Waals surface area contributed by atoms with Crippen molar-refractivity contribution in [3.63, 3.8) is 0 Å². The molecular weight excluding hydrogens is 353 g/mol. The van der Waals surface area contributed by atoms with Gasteiger partial charge in [-0.05, 0) is 17.7 Å². The van der Waals surface area contributed by atoms with Gasteiger partial charge < -0.3 is 10.0 Å². The van der Waals surface area contributed by atoms with Crippen LogP contribution in [-0.4, -0.2) is 40.7 Å². The lowest BCUT2D eigenvalue weighted by molar-refractivity contribution is -0.141. The molecule has 0 bridgehead atoms. The number of hydrogen-bond acceptors (Lipinski definition) is 3. The number of rotatable bonds is 6. The van der Waals surface area contributed by atoms with Crippen molar-refractivity contribution in [2.24, 2.45) is 5.92 Å². The van der Waals surface area contributed by atoms with Gasteiger partial charge in [0.15, 0.2) is 0 Å². The Morgan fingerprint density at radius 3 is 2.46 bits per heavy atom. The first kappa shape index (κ1) is 18.5. The second kappa shape index (κ2) is 8.36. The van der Waals surface area contributed by atoms with E-state index >= 15 is 0 Å². The number of thioether (sulfide) groups is 1. The van der Waals surface area contributed by atoms with Crippen molar-refractivity contribution < 1.29 is 19.1 Å². The van der Waals surface area contributed by atoms with Crippen LogP contribution in [0, 0.1) is 11.7 Å². The lowest BCUT2D eigenvalue weighted by Gasteiger charge is -2.16. The molecule has 2 aromatic carbocycles. The van der Waals surface area contributed by atoms with Crippen molar-refractivity contribution >= 4 is 23.6 Å². The number of carbonyl (C=O) groups is 2. The van der Waals surface area contributed by atoms with E-state index in [2.05, 4.69) is 0 Å². The maximum Gasteiger partial charge on any atom is 0.308 e. The summed E-state index contributed by atoms with van der Waals surface area (Å²) in [7, 11) is 0. The van der Waals surface area contributed by atoms with Crippen LogP contribution in [0.15, 0.2) is 59.5 Å². The van der Waals surface area contributed by atoms with E-state index in [4.69, 9.17) is 0 Å². The molecule has 4 nitrogen and oxygen atoms in total. The van der Waals surface area contributed by atoms with Crippen molar-refractivity contribution in [1.29, 1.82) is 0 Å². The molecule has 1 heterocycles. The largest absolute Gasteiger partial charge is 0.481 e. The minimum atomic E-state index is -0.880. The highest BCUT2D eigenvalue weighted by atomic mass is 32.2. The molecule has 0 unspecified atom stereocenters. The average molecular weight is 373 g/mol. The van der Waals surface area contributed by atoms with Crippen LogP contribution in [-0.2, 0) is 9.59 Å². The number of carboxylic acids is 1. The van der Waals surface area contributed by atoms with Gasteiger partial charge in [-0.3, -0.25) is 9.59 Å². The third-order valence-electron chi connectivity index (χ3n) is 4.63. The zero-order chi connectivity index (χ0) is 18.5. The van der Waals surface area contributed by atoms with Crippen molar-refractivity contribution in [3.05, 3.63) is 66.0 Å². The fourth-order valence-electron chi connectivity index (χ4n) is 3.26. The number of hydrogen-bond donors (Lipinski definition) is 1. The molecule has 0 spiro atoms. The van der Waals surface area contributed by atoms with Crippen molar-refractivity contribution in [2.45, 2.75) is 17.2 Å². The summed E-state index contributed by atoms with van der Waals surface area (Å²) >= 11 is 1.30. The molecule has 0 aromatic heterocycles. The predicted molar refractivity (Wildman–Crippen MR) is 98.6 cm³/mol. The Morgan fingerprint density at radius 1 is 1.08 bits per heavy atom. The van der Waals surface area contributed by atoms with Gasteiger partial charge in [0.1, 0.15) is 5.82 Å². The van der Waals surface area contributed by atoms with Gasteiger partial charge in [-0.25, -0.2) is 4.39 Å². The van der Waals surface area contributed by atoms with Crippen LogP contribution in [0.4, 0.5) is 4.39 Å². The zero-order valence-electron chi connectivity index (χ0n) is 14.2. The molecule has 0 radical (unpaired) electrons. The minimum absolute atomic E-state index is 0.0847. The van der Waals surface area contributed by atoms with E-state index in [0.29, 0.717) is 17.2 Å². The zero-order valence-corrected chi connectivity index (χ0v) is 15.0. The molecule has 1 fully saturated rings. The van der Waals surface area contributed by atoms with Gasteiger partial charge in [0.2, 0.25) is 5.91 Å². The Labute approximate surface area is 156 Å². The molecule has 2 aromatic rings. The number of halogens is 1. The number of aliphatic carboxylic acids is 1. The molecule has 2 atom stereocenters. The van der Waals surface area contributed by atoms with Crippen molar-refractivity contribution in [1.82, 2.24) is 4.90 Å². The summed E-state index contributed by atoms with van der Waals surface area (Å²) in [5.41, 5.74) is 0.941. The fraction of sp³-hybridized carbons (Fsp3) is 0.300. The van der Waals surface area contributed by atoms with E-state index in [1.165, 1.54) is 17.8 Å². The molecule has 26 heavy (non-hydrogen) atoms. The second-order valence-corrected chi connectivity index (χ2v) is 7.43. The van der Waals surface area contributed by atoms with E-state index in [1.54, 1.807) is 23.1 Å². The maximum absolute atomic E-state index is 13.6. The normalized spacial score (nSPS) is 19.5. The lowest BCUT2D eigenvalue weighted by atomic mass is 9.89. The summed E-state index contributed by atoms with van der Waals surface area (Å²) in [6, 6.07) is 15.9. The summed E-state index contributed by atoms with van der Waals surface area (Å²) in [5, 5.41) is 9.52. The number of likely N-dealkylation sites (tertiary alicyclic amines) is 1. The van der Waals surface area contributed by atoms with Gasteiger partial charge in [0.05, 0.1) is 5.92 Å². The number of carboxylic acid groups (broad SMARTS) is 1. The summed E-state index contributed by atoms with van der Waals surface area (Å²) in [5.74, 6) is -1.59. The van der Waals surface area contributed by atoms with Crippen LogP contribution in [0.1, 0.15) is 17.9 Å². The van der Waals surface area contributed by atoms with Crippen LogP contribution in [0.25, 0.3) is 0 Å². The van der Waals surface area contributed by atoms with Crippen LogP contribution in [0.2, 0.25) is 0 Å². The minimum Gasteiger partial charge on any atom is -0.481 e. The van der Waals surface area contributed by atoms with E-state index in [1.807, 2.05) is 30.3 Å². The molecule has 0 saturated carbocycles. The molecule has 1 aliphatic rings. The third-order valence-corrected chi connectivity index (χ3v) is 5.68. The molecule has 3 rings (SSSR count). The quantitative estimate of drug-likeness (QED) is 0.786. The van der Waals surface area contributed by atoms with Gasteiger partial charge in [-0.2, -0.15) is 0 Å². The summed E-state index contributed by atoms with van der Waals surface area (Å²) in [6.45, 7) is 0.627. The summed E-state index contributed by atoms with van der Waals surface area (Å²) in [6.07, 6.45) is 0.257. The molecule has 1 N–H and O–H groups in total. The Morgan fingerprint density at radius 2 is 1.77 bits per heavy atom. The van der Waals surface area contributed by atoms with Crippen LogP contribution in [0.5, 0.6) is 0 Å². The van der Waals surface area contributed by atoms with Crippen molar-refractivity contribution in [3.8, 4) is 0 Å². The second-order valence-electron chi connectivity index (χ2n) is 6.29. The molecule has 1 amide bonds. The van der Waals surface area contributed by atoms with Crippen molar-refractivity contribution in [2.75, 3.05) is 18.8 Å². The lowest BCUT2D eigenvalue weighted by Crippen LogP contribution is -2.30. The van der Waals surface area contributed by atoms with Gasteiger partial charge in [0.25, 0.3) is 0 Å². The Balaban J connectivity index is 1.59. The first-order chi connectivity index (χ1) is 12.6. The van der Waals surface area contributed by atoms with Crippen LogP contribution < -0.4 is 0 Å². The topological polar surface area (TPSA) is 57.6 Å². The highest BCUT2D eigenvalue weighted by Crippen LogP contribution is 2.33. The van der Waals surface area contributed by atoms with E-state index in [0.717, 1.165) is 5.56 Å². The van der Waals surface area contributed by atoms with Crippen LogP contribution >= 0.6 is 11.8 Å². The third kappa shape index (κ3) is 4.25. The van der Waals surface area contributed by atoms with Gasteiger partial charge in [-0.15, -0.1) is 11.8 Å². The standard InChI is InChI=1S/C20H20FNO3S/c21-17-8-4-5-9-18(17)26-11-10-19(23)22-12-15(16(13-22)20(24)25)14-6-2-1-3-7-14/h1-9,15-16H,10-13H2,(H,24,25)/t15-,16-/m1/s1. The van der Waals surface area contributed by atoms with Gasteiger partial charge >= 0.3 is 5.97 Å². The Kier molecular flexibility index (Phi) is 5.93. The summed E-state index contributed by atoms with van der Waals surface area (Å²) < 4.78 is 13.6. The number of benzene rings is 2. The molecule has 1 saturated heterocycles. The first-order valence-corrected chi connectivity index (χ1v) is 9.47. The van der Waals surface area contributed by atoms with E-state index in [-0.39, 0.29) is 30.6 Å². The SMILES string of the molecule is O=C(O)[C@@H]1CN(C(=O)CCSc2ccccc2F)C[C@@H]1c1ccccc1. The summed E-state index contributed by atoms with van der Waals surface area (Å²) in [4.78, 5) is 26.2. The maximum atomic E-state index is 13.6. The number of carbonyl (C=O) groups excluding carboxylic acids is 1. The number of nitrogens with zero attached hydrogens (tertiary/aromatic N) is 1. The van der Waals surface area contributed by atoms with Gasteiger partial charge in [0, 0.05) is 36.1 Å². The predicted octanol–water partition coefficient (Wildman–Crippen LogP) is 3.63. The van der Waals surface area contributed by atoms with Crippen LogP contribution in [0.3, 0.4) is 0 Å². The molecule has 1 aliphatic heterocycles. The Hall–Kier alpha value is -2.34. The smallest absolute Gasteiger partial charge is 0.308 e. The van der Waals surface area contributed by atoms with E-state index in [9.17, 15) is 19.1 Å². The Bertz CT molecular complexity index is 784. The monoisotopic (exact) mass is 373 g/mol. The van der Waals surface area contributed by atoms with Gasteiger partial charge in [-0.1, -0.05) is 42.5 Å². The first-order valence-electron chi connectivity index (χ1n) is 8.49. The molecule has 136 valence electrons. The molecule has 6 heteroatoms. The molecule has 0 aliphatic carbocycles. The number of amides is 1. The highest BCUT2D eigenvalue weighted by molar-refractivity contribution is 7.99. The molecular formula is C20H20FNO3S. The fourth-order valence-corrected chi connectivity index (χ4v) is 4.14. The average Bonchev–Trinajstić information content (AvgIpc) is 3.10. The highest BCUT2D eigenvalue weighted by Gasteiger charge is 2.40.